The molecule has 0 atom stereocenters. The molecule has 0 aromatic rings. The van der Waals surface area contributed by atoms with Gasteiger partial charge in [0.2, 0.25) is 0 Å². The molecule has 0 aliphatic carbocycles. The van der Waals surface area contributed by atoms with E-state index in [0.29, 0.717) is 0 Å². The molecule has 0 aromatic heterocycles. The van der Waals surface area contributed by atoms with Crippen molar-refractivity contribution in [3.63, 3.8) is 0 Å². The Labute approximate surface area is 49.4 Å². The third-order valence-electron chi connectivity index (χ3n) is 0.493. The smallest absolute Gasteiger partial charge is 0.0944 e. The second-order valence-electron chi connectivity index (χ2n) is 1.62. The maximum absolute atomic E-state index is 7.96. The third-order valence-corrected chi connectivity index (χ3v) is 0.493. The maximum atomic E-state index is 7.96. The maximum Gasteiger partial charge on any atom is 0.0944 e. The van der Waals surface area contributed by atoms with E-state index in [1.807, 2.05) is 19.9 Å². The molecular weight excluding hydrogens is 102 g/mol. The monoisotopic (exact) mass is 111 g/mol. The number of ether oxygens (including phenoxy) is 1. The van der Waals surface area contributed by atoms with Gasteiger partial charge >= 0.3 is 0 Å². The molecule has 0 aromatic carbocycles. The topological polar surface area (TPSA) is 33.0 Å². The zero-order valence-corrected chi connectivity index (χ0v) is 5.09. The van der Waals surface area contributed by atoms with Crippen molar-refractivity contribution in [2.45, 2.75) is 20.0 Å². The highest BCUT2D eigenvalue weighted by molar-refractivity contribution is 4.97. The molecule has 8 heavy (non-hydrogen) atoms. The van der Waals surface area contributed by atoms with Gasteiger partial charge in [0.05, 0.1) is 24.5 Å². The lowest BCUT2D eigenvalue weighted by Crippen LogP contribution is -1.93. The zero-order valence-electron chi connectivity index (χ0n) is 5.09. The van der Waals surface area contributed by atoms with Gasteiger partial charge in [-0.15, -0.1) is 0 Å². The summed E-state index contributed by atoms with van der Waals surface area (Å²) in [6.07, 6.45) is 2.87. The molecule has 0 saturated carbocycles. The van der Waals surface area contributed by atoms with Crippen molar-refractivity contribution < 1.29 is 4.74 Å². The Kier molecular flexibility index (Phi) is 3.69. The van der Waals surface area contributed by atoms with Gasteiger partial charge in [-0.05, 0) is 13.8 Å². The Balaban J connectivity index is 3.19. The summed E-state index contributed by atoms with van der Waals surface area (Å²) >= 11 is 0. The van der Waals surface area contributed by atoms with Crippen LogP contribution in [0.4, 0.5) is 0 Å². The van der Waals surface area contributed by atoms with Gasteiger partial charge in [0, 0.05) is 0 Å². The van der Waals surface area contributed by atoms with E-state index in [4.69, 9.17) is 10.00 Å². The van der Waals surface area contributed by atoms with E-state index in [2.05, 4.69) is 0 Å². The fraction of sp³-hybridized carbons (Fsp3) is 0.500. The summed E-state index contributed by atoms with van der Waals surface area (Å²) in [6, 6.07) is 1.82. The van der Waals surface area contributed by atoms with Gasteiger partial charge in [0.15, 0.2) is 0 Å². The SMILES string of the molecule is CC(C)OC=CC#N. The van der Waals surface area contributed by atoms with Gasteiger partial charge < -0.3 is 4.74 Å². The van der Waals surface area contributed by atoms with Gasteiger partial charge in [-0.2, -0.15) is 5.26 Å². The minimum absolute atomic E-state index is 0.166. The Bertz CT molecular complexity index is 110. The molecule has 0 fully saturated rings. The molecule has 0 unspecified atom stereocenters. The number of nitriles is 1. The standard InChI is InChI=1S/C6H9NO/c1-6(2)8-5-3-4-7/h3,5-6H,1-2H3. The fourth-order valence-electron chi connectivity index (χ4n) is 0.227. The highest BCUT2D eigenvalue weighted by Gasteiger charge is 1.82. The van der Waals surface area contributed by atoms with Crippen LogP contribution in [-0.4, -0.2) is 6.10 Å². The number of nitrogens with zero attached hydrogens (tertiary/aromatic N) is 1. The number of rotatable bonds is 2. The Morgan fingerprint density at radius 2 is 2.25 bits per heavy atom. The van der Waals surface area contributed by atoms with Crippen LogP contribution in [0, 0.1) is 11.3 Å². The van der Waals surface area contributed by atoms with Crippen molar-refractivity contribution >= 4 is 0 Å². The number of allylic oxidation sites excluding steroid dienone is 1. The molecule has 2 heteroatoms. The van der Waals surface area contributed by atoms with Gasteiger partial charge in [0.1, 0.15) is 0 Å². The summed E-state index contributed by atoms with van der Waals surface area (Å²) in [5.74, 6) is 0. The summed E-state index contributed by atoms with van der Waals surface area (Å²) in [7, 11) is 0. The van der Waals surface area contributed by atoms with E-state index in [-0.39, 0.29) is 6.10 Å². The summed E-state index contributed by atoms with van der Waals surface area (Å²) < 4.78 is 4.88. The molecule has 0 heterocycles. The quantitative estimate of drug-likeness (QED) is 0.399. The lowest BCUT2D eigenvalue weighted by atomic mass is 10.5. The molecule has 0 spiro atoms. The van der Waals surface area contributed by atoms with Crippen molar-refractivity contribution in [2.24, 2.45) is 0 Å². The Hall–Kier alpha value is -0.970. The lowest BCUT2D eigenvalue weighted by Gasteiger charge is -2.00. The van der Waals surface area contributed by atoms with Crippen molar-refractivity contribution in [1.82, 2.24) is 0 Å². The molecule has 0 saturated heterocycles. The summed E-state index contributed by atoms with van der Waals surface area (Å²) in [6.45, 7) is 3.81. The molecule has 0 aliphatic rings. The minimum atomic E-state index is 0.166. The first-order valence-electron chi connectivity index (χ1n) is 2.47. The van der Waals surface area contributed by atoms with Crippen LogP contribution < -0.4 is 0 Å². The molecule has 0 N–H and O–H groups in total. The Morgan fingerprint density at radius 1 is 1.62 bits per heavy atom. The first-order valence-corrected chi connectivity index (χ1v) is 2.47. The summed E-state index contributed by atoms with van der Waals surface area (Å²) in [5.41, 5.74) is 0. The highest BCUT2D eigenvalue weighted by Crippen LogP contribution is 1.86. The van der Waals surface area contributed by atoms with Crippen LogP contribution in [-0.2, 0) is 4.74 Å². The molecule has 0 bridgehead atoms. The highest BCUT2D eigenvalue weighted by atomic mass is 16.5. The van der Waals surface area contributed by atoms with Crippen LogP contribution in [0.2, 0.25) is 0 Å². The normalized spacial score (nSPS) is 9.75. The number of hydrogen-bond acceptors (Lipinski definition) is 2. The zero-order chi connectivity index (χ0) is 6.41. The number of hydrogen-bond donors (Lipinski definition) is 0. The minimum Gasteiger partial charge on any atom is -0.498 e. The van der Waals surface area contributed by atoms with Crippen LogP contribution in [0.1, 0.15) is 13.8 Å². The molecular formula is C6H9NO. The predicted molar refractivity (Wildman–Crippen MR) is 31.0 cm³/mol. The molecule has 0 aliphatic heterocycles. The first kappa shape index (κ1) is 7.03. The van der Waals surface area contributed by atoms with Gasteiger partial charge in [-0.3, -0.25) is 0 Å². The lowest BCUT2D eigenvalue weighted by molar-refractivity contribution is 0.179. The molecule has 2 nitrogen and oxygen atoms in total. The van der Waals surface area contributed by atoms with Crippen molar-refractivity contribution in [3.8, 4) is 6.07 Å². The van der Waals surface area contributed by atoms with Gasteiger partial charge in [-0.1, -0.05) is 0 Å². The van der Waals surface area contributed by atoms with E-state index < -0.39 is 0 Å². The van der Waals surface area contributed by atoms with Crippen LogP contribution in [0.15, 0.2) is 12.3 Å². The molecule has 0 radical (unpaired) electrons. The van der Waals surface area contributed by atoms with E-state index in [0.717, 1.165) is 0 Å². The van der Waals surface area contributed by atoms with E-state index >= 15 is 0 Å². The fourth-order valence-corrected chi connectivity index (χ4v) is 0.227. The third kappa shape index (κ3) is 5.03. The van der Waals surface area contributed by atoms with Crippen molar-refractivity contribution in [3.05, 3.63) is 12.3 Å². The van der Waals surface area contributed by atoms with Crippen LogP contribution in [0.25, 0.3) is 0 Å². The van der Waals surface area contributed by atoms with E-state index in [9.17, 15) is 0 Å². The van der Waals surface area contributed by atoms with E-state index in [1.165, 1.54) is 12.3 Å². The van der Waals surface area contributed by atoms with Gasteiger partial charge in [-0.25, -0.2) is 0 Å². The molecule has 0 rings (SSSR count). The molecule has 44 valence electrons. The van der Waals surface area contributed by atoms with Crippen LogP contribution in [0.3, 0.4) is 0 Å². The van der Waals surface area contributed by atoms with Crippen LogP contribution >= 0.6 is 0 Å². The first-order chi connectivity index (χ1) is 3.77. The second kappa shape index (κ2) is 4.20. The average Bonchev–Trinajstić information content (AvgIpc) is 1.66. The second-order valence-corrected chi connectivity index (χ2v) is 1.62. The van der Waals surface area contributed by atoms with E-state index in [1.54, 1.807) is 0 Å². The largest absolute Gasteiger partial charge is 0.498 e. The van der Waals surface area contributed by atoms with Gasteiger partial charge in [0.25, 0.3) is 0 Å². The van der Waals surface area contributed by atoms with Crippen molar-refractivity contribution in [1.29, 1.82) is 5.26 Å². The van der Waals surface area contributed by atoms with Crippen molar-refractivity contribution in [2.75, 3.05) is 0 Å². The predicted octanol–water partition coefficient (Wildman–Crippen LogP) is 1.45. The summed E-state index contributed by atoms with van der Waals surface area (Å²) in [4.78, 5) is 0. The van der Waals surface area contributed by atoms with Crippen LogP contribution in [0.5, 0.6) is 0 Å². The summed E-state index contributed by atoms with van der Waals surface area (Å²) in [5, 5.41) is 7.96. The Morgan fingerprint density at radius 3 is 2.62 bits per heavy atom. The molecule has 0 amide bonds. The average molecular weight is 111 g/mol.